The summed E-state index contributed by atoms with van der Waals surface area (Å²) in [7, 11) is 0. The smallest absolute Gasteiger partial charge is 0.336 e. The van der Waals surface area contributed by atoms with Crippen LogP contribution in [0.1, 0.15) is 56.9 Å². The van der Waals surface area contributed by atoms with Crippen LogP contribution in [0.2, 0.25) is 10.0 Å². The molecule has 0 radical (unpaired) electrons. The Morgan fingerprint density at radius 1 is 1.18 bits per heavy atom. The molecule has 0 amide bonds. The molecule has 1 fully saturated rings. The highest BCUT2D eigenvalue weighted by atomic mass is 35.5. The van der Waals surface area contributed by atoms with Crippen LogP contribution in [0, 0.1) is 5.92 Å². The van der Waals surface area contributed by atoms with Crippen LogP contribution in [0.5, 0.6) is 0 Å². The van der Waals surface area contributed by atoms with Crippen molar-refractivity contribution in [2.24, 2.45) is 5.92 Å². The number of allylic oxidation sites excluding steroid dienone is 3. The van der Waals surface area contributed by atoms with Crippen molar-refractivity contribution in [2.45, 2.75) is 57.5 Å². The van der Waals surface area contributed by atoms with Gasteiger partial charge in [0.15, 0.2) is 0 Å². The number of hydrogen-bond donors (Lipinski definition) is 1. The van der Waals surface area contributed by atoms with Crippen LogP contribution in [0.3, 0.4) is 0 Å². The summed E-state index contributed by atoms with van der Waals surface area (Å²) in [6.45, 7) is 1.85. The number of fused-ring (bicyclic) bond motifs is 1. The zero-order chi connectivity index (χ0) is 19.8. The van der Waals surface area contributed by atoms with E-state index in [-0.39, 0.29) is 17.9 Å². The molecule has 3 aliphatic rings. The summed E-state index contributed by atoms with van der Waals surface area (Å²) in [5.74, 6) is -1.24. The van der Waals surface area contributed by atoms with Crippen molar-refractivity contribution >= 4 is 35.0 Å². The number of carbonyl (C=O) groups is 2. The van der Waals surface area contributed by atoms with Gasteiger partial charge in [-0.15, -0.1) is 0 Å². The highest BCUT2D eigenvalue weighted by Gasteiger charge is 2.44. The van der Waals surface area contributed by atoms with Gasteiger partial charge in [0.1, 0.15) is 11.9 Å². The van der Waals surface area contributed by atoms with E-state index in [1.807, 2.05) is 19.1 Å². The average molecular weight is 420 g/mol. The summed E-state index contributed by atoms with van der Waals surface area (Å²) in [4.78, 5) is 26.1. The number of esters is 1. The Morgan fingerprint density at radius 2 is 1.93 bits per heavy atom. The zero-order valence-electron chi connectivity index (χ0n) is 15.8. The summed E-state index contributed by atoms with van der Waals surface area (Å²) < 4.78 is 5.81. The quantitative estimate of drug-likeness (QED) is 0.674. The van der Waals surface area contributed by atoms with Gasteiger partial charge in [0.05, 0.1) is 21.5 Å². The van der Waals surface area contributed by atoms with E-state index in [1.165, 1.54) is 0 Å². The first kappa shape index (κ1) is 19.5. The highest BCUT2D eigenvalue weighted by molar-refractivity contribution is 6.42. The Hall–Kier alpha value is -1.78. The summed E-state index contributed by atoms with van der Waals surface area (Å²) in [6, 6.07) is 5.36. The fourth-order valence-electron chi connectivity index (χ4n) is 4.60. The van der Waals surface area contributed by atoms with Crippen molar-refractivity contribution < 1.29 is 14.3 Å². The minimum Gasteiger partial charge on any atom is -0.459 e. The Kier molecular flexibility index (Phi) is 5.52. The van der Waals surface area contributed by atoms with E-state index in [0.717, 1.165) is 31.4 Å². The maximum atomic E-state index is 13.2. The molecular weight excluding hydrogens is 397 g/mol. The standard InChI is InChI=1S/C22H23Cl2NO3/c1-12-18(22(27)28-13-6-2-3-7-13)19(14-8-4-9-15(23)21(14)24)20-16(25-12)10-5-11-17(20)26/h4,8-10,13,19-20,25H,2-3,5-7,11H2,1H3. The molecule has 1 N–H and O–H groups in total. The van der Waals surface area contributed by atoms with E-state index in [9.17, 15) is 9.59 Å². The van der Waals surface area contributed by atoms with Gasteiger partial charge < -0.3 is 10.1 Å². The lowest BCUT2D eigenvalue weighted by atomic mass is 9.71. The minimum atomic E-state index is -0.500. The number of ketones is 1. The summed E-state index contributed by atoms with van der Waals surface area (Å²) in [5, 5.41) is 4.07. The van der Waals surface area contributed by atoms with Crippen LogP contribution in [0.15, 0.2) is 41.2 Å². The third-order valence-electron chi connectivity index (χ3n) is 5.93. The predicted molar refractivity (Wildman–Crippen MR) is 109 cm³/mol. The average Bonchev–Trinajstić information content (AvgIpc) is 3.16. The van der Waals surface area contributed by atoms with Gasteiger partial charge in [-0.05, 0) is 50.7 Å². The van der Waals surface area contributed by atoms with E-state index in [1.54, 1.807) is 12.1 Å². The second-order valence-electron chi connectivity index (χ2n) is 7.74. The molecule has 4 nitrogen and oxygen atoms in total. The summed E-state index contributed by atoms with van der Waals surface area (Å²) >= 11 is 12.8. The van der Waals surface area contributed by atoms with E-state index in [0.29, 0.717) is 39.7 Å². The molecule has 4 rings (SSSR count). The number of rotatable bonds is 3. The monoisotopic (exact) mass is 419 g/mol. The van der Waals surface area contributed by atoms with Crippen molar-refractivity contribution in [1.82, 2.24) is 5.32 Å². The van der Waals surface area contributed by atoms with Crippen molar-refractivity contribution in [2.75, 3.05) is 0 Å². The summed E-state index contributed by atoms with van der Waals surface area (Å²) in [6.07, 6.45) is 7.07. The van der Waals surface area contributed by atoms with E-state index < -0.39 is 11.8 Å². The Labute approximate surface area is 174 Å². The molecule has 148 valence electrons. The van der Waals surface area contributed by atoms with Gasteiger partial charge in [-0.3, -0.25) is 4.79 Å². The predicted octanol–water partition coefficient (Wildman–Crippen LogP) is 5.30. The van der Waals surface area contributed by atoms with E-state index >= 15 is 0 Å². The van der Waals surface area contributed by atoms with E-state index in [4.69, 9.17) is 27.9 Å². The molecule has 2 unspecified atom stereocenters. The number of carbonyl (C=O) groups excluding carboxylic acids is 2. The fourth-order valence-corrected chi connectivity index (χ4v) is 5.03. The lowest BCUT2D eigenvalue weighted by Crippen LogP contribution is -2.41. The first-order valence-corrected chi connectivity index (χ1v) is 10.6. The highest BCUT2D eigenvalue weighted by Crippen LogP contribution is 2.47. The normalized spacial score (nSPS) is 25.2. The SMILES string of the molecule is CC1=C(C(=O)OC2CCCC2)C(c2cccc(Cl)c2Cl)C2C(=O)CCC=C2N1. The third kappa shape index (κ3) is 3.48. The van der Waals surface area contributed by atoms with Crippen LogP contribution < -0.4 is 5.32 Å². The second-order valence-corrected chi connectivity index (χ2v) is 8.52. The second kappa shape index (κ2) is 7.92. The van der Waals surface area contributed by atoms with Crippen molar-refractivity contribution in [3.05, 3.63) is 56.9 Å². The lowest BCUT2D eigenvalue weighted by molar-refractivity contribution is -0.144. The van der Waals surface area contributed by atoms with Crippen LogP contribution >= 0.6 is 23.2 Å². The maximum absolute atomic E-state index is 13.2. The van der Waals surface area contributed by atoms with Crippen molar-refractivity contribution in [1.29, 1.82) is 0 Å². The molecule has 1 saturated carbocycles. The van der Waals surface area contributed by atoms with Crippen molar-refractivity contribution in [3.63, 3.8) is 0 Å². The van der Waals surface area contributed by atoms with Crippen LogP contribution in [-0.2, 0) is 14.3 Å². The maximum Gasteiger partial charge on any atom is 0.336 e. The van der Waals surface area contributed by atoms with E-state index in [2.05, 4.69) is 5.32 Å². The third-order valence-corrected chi connectivity index (χ3v) is 6.76. The molecule has 1 heterocycles. The first-order valence-electron chi connectivity index (χ1n) is 9.83. The van der Waals surface area contributed by atoms with Gasteiger partial charge >= 0.3 is 5.97 Å². The van der Waals surface area contributed by atoms with Crippen LogP contribution in [-0.4, -0.2) is 17.9 Å². The molecule has 1 aliphatic heterocycles. The van der Waals surface area contributed by atoms with Gasteiger partial charge in [0, 0.05) is 23.7 Å². The number of hydrogen-bond acceptors (Lipinski definition) is 4. The Morgan fingerprint density at radius 3 is 2.68 bits per heavy atom. The molecule has 28 heavy (non-hydrogen) atoms. The Balaban J connectivity index is 1.81. The van der Waals surface area contributed by atoms with Gasteiger partial charge in [-0.2, -0.15) is 0 Å². The van der Waals surface area contributed by atoms with Gasteiger partial charge in [-0.1, -0.05) is 41.4 Å². The largest absolute Gasteiger partial charge is 0.459 e. The number of halogens is 2. The summed E-state index contributed by atoms with van der Waals surface area (Å²) in [5.41, 5.74) is 2.72. The molecule has 2 atom stereocenters. The number of ether oxygens (including phenoxy) is 1. The van der Waals surface area contributed by atoms with Gasteiger partial charge in [0.25, 0.3) is 0 Å². The molecule has 0 saturated heterocycles. The molecule has 1 aromatic carbocycles. The number of nitrogens with one attached hydrogen (secondary N) is 1. The first-order chi connectivity index (χ1) is 13.5. The topological polar surface area (TPSA) is 55.4 Å². The lowest BCUT2D eigenvalue weighted by Gasteiger charge is -2.38. The number of Topliss-reactive ketones (excluding diaryl/α,β-unsaturated/α-hetero) is 1. The van der Waals surface area contributed by atoms with Crippen LogP contribution in [0.4, 0.5) is 0 Å². The number of benzene rings is 1. The Bertz CT molecular complexity index is 884. The molecule has 0 aromatic heterocycles. The van der Waals surface area contributed by atoms with Gasteiger partial charge in [0.2, 0.25) is 0 Å². The molecule has 2 aliphatic carbocycles. The molecule has 0 bridgehead atoms. The molecular formula is C22H23Cl2NO3. The molecule has 1 aromatic rings. The van der Waals surface area contributed by atoms with Gasteiger partial charge in [-0.25, -0.2) is 4.79 Å². The minimum absolute atomic E-state index is 0.0534. The van der Waals surface area contributed by atoms with Crippen LogP contribution in [0.25, 0.3) is 0 Å². The zero-order valence-corrected chi connectivity index (χ0v) is 17.3. The molecule has 6 heteroatoms. The molecule has 0 spiro atoms. The fraction of sp³-hybridized carbons (Fsp3) is 0.455. The van der Waals surface area contributed by atoms with Crippen molar-refractivity contribution in [3.8, 4) is 0 Å².